The first-order chi connectivity index (χ1) is 9.31. The molecule has 0 aliphatic carbocycles. The van der Waals surface area contributed by atoms with Crippen molar-refractivity contribution >= 4 is 17.7 Å². The van der Waals surface area contributed by atoms with Crippen LogP contribution in [-0.2, 0) is 10.6 Å². The van der Waals surface area contributed by atoms with Gasteiger partial charge in [0.05, 0.1) is 12.4 Å². The van der Waals surface area contributed by atoms with Gasteiger partial charge in [0, 0.05) is 11.1 Å². The highest BCUT2D eigenvalue weighted by molar-refractivity contribution is 6.17. The summed E-state index contributed by atoms with van der Waals surface area (Å²) in [4.78, 5) is 11.3. The van der Waals surface area contributed by atoms with Gasteiger partial charge in [0.1, 0.15) is 11.4 Å². The zero-order chi connectivity index (χ0) is 15.2. The molecular formula is C15H17ClFNO2. The van der Waals surface area contributed by atoms with Crippen molar-refractivity contribution in [3.8, 4) is 11.8 Å². The smallest absolute Gasteiger partial charge is 0.408 e. The number of nitrogens with one attached hydrogen (secondary N) is 1. The molecule has 0 heterocycles. The summed E-state index contributed by atoms with van der Waals surface area (Å²) in [6.07, 6.45) is -0.532. The van der Waals surface area contributed by atoms with Crippen LogP contribution in [0.1, 0.15) is 31.9 Å². The van der Waals surface area contributed by atoms with Gasteiger partial charge < -0.3 is 10.1 Å². The van der Waals surface area contributed by atoms with Crippen molar-refractivity contribution < 1.29 is 13.9 Å². The van der Waals surface area contributed by atoms with E-state index in [1.54, 1.807) is 32.9 Å². The van der Waals surface area contributed by atoms with Crippen LogP contribution in [-0.4, -0.2) is 18.2 Å². The Balaban J connectivity index is 2.51. The van der Waals surface area contributed by atoms with Crippen molar-refractivity contribution in [2.24, 2.45) is 0 Å². The number of ether oxygens (including phenoxy) is 1. The molecular weight excluding hydrogens is 281 g/mol. The number of carbonyl (C=O) groups is 1. The number of halogens is 2. The van der Waals surface area contributed by atoms with Gasteiger partial charge in [-0.3, -0.25) is 0 Å². The van der Waals surface area contributed by atoms with Crippen molar-refractivity contribution in [2.75, 3.05) is 6.54 Å². The van der Waals surface area contributed by atoms with E-state index in [1.165, 1.54) is 6.07 Å². The molecule has 0 atom stereocenters. The topological polar surface area (TPSA) is 38.3 Å². The molecule has 3 nitrogen and oxygen atoms in total. The minimum atomic E-state index is -0.544. The number of alkyl halides is 1. The van der Waals surface area contributed by atoms with E-state index in [0.717, 1.165) is 0 Å². The van der Waals surface area contributed by atoms with Crippen LogP contribution in [0.5, 0.6) is 0 Å². The molecule has 0 spiro atoms. The highest BCUT2D eigenvalue weighted by Gasteiger charge is 2.14. The zero-order valence-electron chi connectivity index (χ0n) is 11.7. The molecule has 0 aliphatic rings. The molecule has 1 aromatic rings. The van der Waals surface area contributed by atoms with E-state index >= 15 is 0 Å². The predicted octanol–water partition coefficient (Wildman–Crippen LogP) is 3.44. The lowest BCUT2D eigenvalue weighted by Gasteiger charge is -2.18. The fourth-order valence-corrected chi connectivity index (χ4v) is 1.53. The van der Waals surface area contributed by atoms with E-state index in [4.69, 9.17) is 16.3 Å². The van der Waals surface area contributed by atoms with Crippen LogP contribution >= 0.6 is 11.6 Å². The Morgan fingerprint density at radius 3 is 2.70 bits per heavy atom. The van der Waals surface area contributed by atoms with Crippen molar-refractivity contribution in [2.45, 2.75) is 32.3 Å². The molecule has 1 rings (SSSR count). The van der Waals surface area contributed by atoms with Gasteiger partial charge in [0.2, 0.25) is 0 Å². The molecule has 0 fully saturated rings. The molecule has 1 amide bonds. The van der Waals surface area contributed by atoms with E-state index in [0.29, 0.717) is 11.1 Å². The average Bonchev–Trinajstić information content (AvgIpc) is 2.33. The summed E-state index contributed by atoms with van der Waals surface area (Å²) in [6, 6.07) is 4.59. The normalized spacial score (nSPS) is 10.4. The van der Waals surface area contributed by atoms with Crippen molar-refractivity contribution in [3.05, 3.63) is 35.1 Å². The van der Waals surface area contributed by atoms with Crippen LogP contribution in [0.25, 0.3) is 0 Å². The Bertz CT molecular complexity index is 541. The zero-order valence-corrected chi connectivity index (χ0v) is 12.5. The Morgan fingerprint density at radius 1 is 1.45 bits per heavy atom. The maximum Gasteiger partial charge on any atom is 0.408 e. The van der Waals surface area contributed by atoms with Gasteiger partial charge in [-0.1, -0.05) is 17.9 Å². The molecule has 0 aliphatic heterocycles. The molecule has 0 radical (unpaired) electrons. The van der Waals surface area contributed by atoms with E-state index in [1.807, 2.05) is 0 Å². The molecule has 20 heavy (non-hydrogen) atoms. The van der Waals surface area contributed by atoms with Crippen molar-refractivity contribution in [1.29, 1.82) is 0 Å². The monoisotopic (exact) mass is 297 g/mol. The third kappa shape index (κ3) is 5.94. The lowest BCUT2D eigenvalue weighted by Crippen LogP contribution is -2.32. The molecule has 0 bridgehead atoms. The van der Waals surface area contributed by atoms with E-state index in [2.05, 4.69) is 17.2 Å². The number of hydrogen-bond acceptors (Lipinski definition) is 2. The van der Waals surface area contributed by atoms with Gasteiger partial charge in [-0.2, -0.15) is 0 Å². The maximum atomic E-state index is 13.4. The second-order valence-electron chi connectivity index (χ2n) is 5.10. The van der Waals surface area contributed by atoms with Crippen molar-refractivity contribution in [3.63, 3.8) is 0 Å². The van der Waals surface area contributed by atoms with Crippen LogP contribution < -0.4 is 5.32 Å². The third-order valence-electron chi connectivity index (χ3n) is 2.15. The van der Waals surface area contributed by atoms with Gasteiger partial charge in [-0.25, -0.2) is 9.18 Å². The van der Waals surface area contributed by atoms with Crippen LogP contribution in [0.2, 0.25) is 0 Å². The van der Waals surface area contributed by atoms with Crippen LogP contribution in [0, 0.1) is 17.7 Å². The summed E-state index contributed by atoms with van der Waals surface area (Å²) < 4.78 is 18.5. The van der Waals surface area contributed by atoms with E-state index < -0.39 is 11.7 Å². The first-order valence-corrected chi connectivity index (χ1v) is 6.65. The van der Waals surface area contributed by atoms with Crippen LogP contribution in [0.4, 0.5) is 9.18 Å². The minimum Gasteiger partial charge on any atom is -0.444 e. The Labute approximate surface area is 123 Å². The highest BCUT2D eigenvalue weighted by Crippen LogP contribution is 2.11. The molecule has 1 N–H and O–H groups in total. The fraction of sp³-hybridized carbons (Fsp3) is 0.400. The lowest BCUT2D eigenvalue weighted by molar-refractivity contribution is 0.0535. The summed E-state index contributed by atoms with van der Waals surface area (Å²) in [5.41, 5.74) is 0.421. The predicted molar refractivity (Wildman–Crippen MR) is 77.1 cm³/mol. The molecule has 5 heteroatoms. The minimum absolute atomic E-state index is 0.125. The van der Waals surface area contributed by atoms with E-state index in [9.17, 15) is 9.18 Å². The van der Waals surface area contributed by atoms with Gasteiger partial charge in [-0.05, 0) is 32.9 Å². The highest BCUT2D eigenvalue weighted by atomic mass is 35.5. The summed E-state index contributed by atoms with van der Waals surface area (Å²) in [6.45, 7) is 5.46. The third-order valence-corrected chi connectivity index (χ3v) is 2.44. The summed E-state index contributed by atoms with van der Waals surface area (Å²) in [5, 5.41) is 2.50. The number of rotatable bonds is 2. The first kappa shape index (κ1) is 16.3. The summed E-state index contributed by atoms with van der Waals surface area (Å²) in [7, 11) is 0. The van der Waals surface area contributed by atoms with Gasteiger partial charge in [0.25, 0.3) is 0 Å². The van der Waals surface area contributed by atoms with Gasteiger partial charge in [-0.15, -0.1) is 11.6 Å². The molecule has 0 unspecified atom stereocenters. The molecule has 0 saturated heterocycles. The quantitative estimate of drug-likeness (QED) is 0.671. The number of carbonyl (C=O) groups excluding carboxylic acids is 1. The molecule has 108 valence electrons. The van der Waals surface area contributed by atoms with Crippen molar-refractivity contribution in [1.82, 2.24) is 5.32 Å². The first-order valence-electron chi connectivity index (χ1n) is 6.12. The SMILES string of the molecule is CC(C)(C)OC(=O)NCC#Cc1ccc(CCl)c(F)c1. The molecule has 1 aromatic carbocycles. The van der Waals surface area contributed by atoms with E-state index in [-0.39, 0.29) is 18.2 Å². The number of alkyl carbamates (subject to hydrolysis) is 1. The molecule has 0 saturated carbocycles. The Kier molecular flexibility index (Phi) is 5.84. The second-order valence-corrected chi connectivity index (χ2v) is 5.36. The van der Waals surface area contributed by atoms with Gasteiger partial charge in [0.15, 0.2) is 0 Å². The summed E-state index contributed by atoms with van der Waals surface area (Å²) in [5.74, 6) is 5.22. The van der Waals surface area contributed by atoms with Gasteiger partial charge >= 0.3 is 6.09 Å². The standard InChI is InChI=1S/C15H17ClFNO2/c1-15(2,3)20-14(19)18-8-4-5-11-6-7-12(10-16)13(17)9-11/h6-7,9H,8,10H2,1-3H3,(H,18,19). The maximum absolute atomic E-state index is 13.4. The Hall–Kier alpha value is -1.73. The largest absolute Gasteiger partial charge is 0.444 e. The van der Waals surface area contributed by atoms with Crippen LogP contribution in [0.3, 0.4) is 0 Å². The number of hydrogen-bond donors (Lipinski definition) is 1. The lowest BCUT2D eigenvalue weighted by atomic mass is 10.1. The second kappa shape index (κ2) is 7.16. The van der Waals surface area contributed by atoms with Crippen LogP contribution in [0.15, 0.2) is 18.2 Å². The fourth-order valence-electron chi connectivity index (χ4n) is 1.31. The number of amides is 1. The number of benzene rings is 1. The summed E-state index contributed by atoms with van der Waals surface area (Å²) >= 11 is 5.56. The average molecular weight is 298 g/mol. The molecule has 0 aromatic heterocycles. The Morgan fingerprint density at radius 2 is 2.15 bits per heavy atom.